The van der Waals surface area contributed by atoms with Gasteiger partial charge >= 0.3 is 5.69 Å². The van der Waals surface area contributed by atoms with E-state index in [0.717, 1.165) is 23.9 Å². The average molecular weight is 497 g/mol. The van der Waals surface area contributed by atoms with E-state index in [9.17, 15) is 9.59 Å². The first kappa shape index (κ1) is 22.1. The Morgan fingerprint density at radius 3 is 2.66 bits per heavy atom. The SMILES string of the molecule is NC(=O)C1CCN(c2nc(-n3cnc4ccc(Cl)cc43)nc3c2[nH]c(=O)n3C2CCOCC2)CC1. The number of nitrogens with zero attached hydrogens (tertiary/aromatic N) is 6. The summed E-state index contributed by atoms with van der Waals surface area (Å²) in [6.45, 7) is 2.39. The molecule has 6 rings (SSSR count). The Labute approximate surface area is 204 Å². The lowest BCUT2D eigenvalue weighted by Crippen LogP contribution is -2.39. The molecule has 1 aromatic carbocycles. The van der Waals surface area contributed by atoms with Crippen LogP contribution in [-0.4, -0.2) is 61.3 Å². The highest BCUT2D eigenvalue weighted by Gasteiger charge is 2.29. The van der Waals surface area contributed by atoms with Gasteiger partial charge in [0.25, 0.3) is 0 Å². The van der Waals surface area contributed by atoms with Crippen molar-refractivity contribution in [1.29, 1.82) is 0 Å². The van der Waals surface area contributed by atoms with Crippen LogP contribution < -0.4 is 16.3 Å². The van der Waals surface area contributed by atoms with Gasteiger partial charge in [0.2, 0.25) is 11.9 Å². The fourth-order valence-corrected chi connectivity index (χ4v) is 5.28. The first-order valence-electron chi connectivity index (χ1n) is 11.8. The molecule has 4 aromatic rings. The lowest BCUT2D eigenvalue weighted by Gasteiger charge is -2.31. The topological polar surface area (TPSA) is 137 Å². The van der Waals surface area contributed by atoms with Crippen LogP contribution in [0, 0.1) is 5.92 Å². The number of nitrogens with two attached hydrogens (primary N) is 1. The van der Waals surface area contributed by atoms with Gasteiger partial charge in [-0.15, -0.1) is 0 Å². The van der Waals surface area contributed by atoms with E-state index in [0.29, 0.717) is 67.1 Å². The van der Waals surface area contributed by atoms with Crippen molar-refractivity contribution in [2.24, 2.45) is 11.7 Å². The summed E-state index contributed by atoms with van der Waals surface area (Å²) in [5.74, 6) is 0.585. The molecular formula is C23H25ClN8O3. The molecule has 1 amide bonds. The third-order valence-corrected chi connectivity index (χ3v) is 7.25. The molecule has 12 heteroatoms. The summed E-state index contributed by atoms with van der Waals surface area (Å²) >= 11 is 6.26. The molecule has 11 nitrogen and oxygen atoms in total. The van der Waals surface area contributed by atoms with Crippen molar-refractivity contribution < 1.29 is 9.53 Å². The number of piperidine rings is 1. The summed E-state index contributed by atoms with van der Waals surface area (Å²) in [6.07, 6.45) is 4.38. The number of fused-ring (bicyclic) bond motifs is 2. The van der Waals surface area contributed by atoms with E-state index in [2.05, 4.69) is 14.9 Å². The molecule has 0 aliphatic carbocycles. The second kappa shape index (κ2) is 8.65. The summed E-state index contributed by atoms with van der Waals surface area (Å²) in [5, 5.41) is 0.579. The summed E-state index contributed by atoms with van der Waals surface area (Å²) in [5.41, 5.74) is 7.98. The molecule has 0 spiro atoms. The number of hydrogen-bond acceptors (Lipinski definition) is 7. The molecule has 3 aromatic heterocycles. The Kier molecular flexibility index (Phi) is 5.45. The van der Waals surface area contributed by atoms with Gasteiger partial charge in [-0.3, -0.25) is 13.9 Å². The molecule has 0 bridgehead atoms. The highest BCUT2D eigenvalue weighted by Crippen LogP contribution is 2.31. The van der Waals surface area contributed by atoms with Crippen LogP contribution in [0.5, 0.6) is 0 Å². The molecule has 0 saturated carbocycles. The fraction of sp³-hybridized carbons (Fsp3) is 0.435. The summed E-state index contributed by atoms with van der Waals surface area (Å²) in [7, 11) is 0. The van der Waals surface area contributed by atoms with Gasteiger partial charge in [0, 0.05) is 43.3 Å². The quantitative estimate of drug-likeness (QED) is 0.441. The molecule has 2 fully saturated rings. The highest BCUT2D eigenvalue weighted by atomic mass is 35.5. The molecule has 2 aliphatic heterocycles. The zero-order chi connectivity index (χ0) is 24.1. The number of halogens is 1. The van der Waals surface area contributed by atoms with Crippen LogP contribution in [0.3, 0.4) is 0 Å². The van der Waals surface area contributed by atoms with Gasteiger partial charge in [-0.1, -0.05) is 11.6 Å². The molecule has 2 aliphatic rings. The Morgan fingerprint density at radius 2 is 1.91 bits per heavy atom. The number of carbonyl (C=O) groups is 1. The molecule has 0 atom stereocenters. The Balaban J connectivity index is 1.53. The van der Waals surface area contributed by atoms with E-state index in [1.54, 1.807) is 21.5 Å². The van der Waals surface area contributed by atoms with Crippen molar-refractivity contribution in [3.63, 3.8) is 0 Å². The normalized spacial score (nSPS) is 18.0. The van der Waals surface area contributed by atoms with E-state index in [1.165, 1.54) is 0 Å². The van der Waals surface area contributed by atoms with Crippen molar-refractivity contribution in [2.75, 3.05) is 31.2 Å². The second-order valence-corrected chi connectivity index (χ2v) is 9.54. The Hall–Kier alpha value is -3.44. The largest absolute Gasteiger partial charge is 0.381 e. The molecule has 5 heterocycles. The number of ether oxygens (including phenoxy) is 1. The number of aromatic amines is 1. The lowest BCUT2D eigenvalue weighted by molar-refractivity contribution is -0.122. The van der Waals surface area contributed by atoms with Gasteiger partial charge in [-0.05, 0) is 43.9 Å². The molecule has 0 unspecified atom stereocenters. The first-order chi connectivity index (χ1) is 17.0. The predicted octanol–water partition coefficient (Wildman–Crippen LogP) is 2.17. The average Bonchev–Trinajstić information content (AvgIpc) is 3.43. The number of primary amides is 1. The molecule has 35 heavy (non-hydrogen) atoms. The van der Waals surface area contributed by atoms with E-state index < -0.39 is 0 Å². The molecular weight excluding hydrogens is 472 g/mol. The van der Waals surface area contributed by atoms with Crippen LogP contribution in [0.15, 0.2) is 29.3 Å². The maximum Gasteiger partial charge on any atom is 0.328 e. The standard InChI is InChI=1S/C23H25ClN8O3/c24-14-1-2-16-17(11-14)31(12-26-16)22-28-20(30-7-3-13(4-8-30)19(25)33)18-21(29-22)32(23(34)27-18)15-5-9-35-10-6-15/h1-2,11-13,15H,3-10H2,(H2,25,33)(H,27,34). The van der Waals surface area contributed by atoms with E-state index in [-0.39, 0.29) is 23.6 Å². The van der Waals surface area contributed by atoms with Gasteiger partial charge in [0.05, 0.1) is 11.0 Å². The number of carbonyl (C=O) groups excluding carboxylic acids is 1. The Bertz CT molecular complexity index is 1480. The lowest BCUT2D eigenvalue weighted by atomic mass is 9.96. The number of rotatable bonds is 4. The van der Waals surface area contributed by atoms with Crippen LogP contribution in [0.1, 0.15) is 31.7 Å². The zero-order valence-electron chi connectivity index (χ0n) is 19.0. The van der Waals surface area contributed by atoms with Gasteiger partial charge in [0.1, 0.15) is 11.8 Å². The maximum atomic E-state index is 13.2. The van der Waals surface area contributed by atoms with Crippen molar-refractivity contribution in [3.05, 3.63) is 40.0 Å². The summed E-state index contributed by atoms with van der Waals surface area (Å²) in [4.78, 5) is 44.1. The van der Waals surface area contributed by atoms with Gasteiger partial charge < -0.3 is 20.4 Å². The summed E-state index contributed by atoms with van der Waals surface area (Å²) in [6, 6.07) is 5.43. The third-order valence-electron chi connectivity index (χ3n) is 7.02. The van der Waals surface area contributed by atoms with Crippen LogP contribution in [0.25, 0.3) is 28.1 Å². The minimum absolute atomic E-state index is 0.0184. The van der Waals surface area contributed by atoms with Crippen LogP contribution in [0.4, 0.5) is 5.82 Å². The molecule has 3 N–H and O–H groups in total. The minimum Gasteiger partial charge on any atom is -0.381 e. The van der Waals surface area contributed by atoms with E-state index in [1.807, 2.05) is 12.1 Å². The number of nitrogens with one attached hydrogen (secondary N) is 1. The fourth-order valence-electron chi connectivity index (χ4n) is 5.11. The minimum atomic E-state index is -0.279. The van der Waals surface area contributed by atoms with Crippen molar-refractivity contribution in [1.82, 2.24) is 29.1 Å². The summed E-state index contributed by atoms with van der Waals surface area (Å²) < 4.78 is 9.03. The number of amides is 1. The number of aromatic nitrogens is 6. The smallest absolute Gasteiger partial charge is 0.328 e. The van der Waals surface area contributed by atoms with Crippen molar-refractivity contribution in [3.8, 4) is 5.95 Å². The first-order valence-corrected chi connectivity index (χ1v) is 12.1. The number of imidazole rings is 2. The molecule has 2 saturated heterocycles. The molecule has 0 radical (unpaired) electrons. The van der Waals surface area contributed by atoms with Crippen molar-refractivity contribution in [2.45, 2.75) is 31.7 Å². The van der Waals surface area contributed by atoms with Crippen LogP contribution >= 0.6 is 11.6 Å². The monoisotopic (exact) mass is 496 g/mol. The van der Waals surface area contributed by atoms with Crippen LogP contribution in [0.2, 0.25) is 5.02 Å². The molecule has 182 valence electrons. The number of hydrogen-bond donors (Lipinski definition) is 2. The highest BCUT2D eigenvalue weighted by molar-refractivity contribution is 6.31. The van der Waals surface area contributed by atoms with Crippen LogP contribution in [-0.2, 0) is 9.53 Å². The number of anilines is 1. The van der Waals surface area contributed by atoms with Gasteiger partial charge in [0.15, 0.2) is 11.5 Å². The van der Waals surface area contributed by atoms with Crippen molar-refractivity contribution >= 4 is 45.5 Å². The second-order valence-electron chi connectivity index (χ2n) is 9.10. The predicted molar refractivity (Wildman–Crippen MR) is 131 cm³/mol. The van der Waals surface area contributed by atoms with E-state index >= 15 is 0 Å². The third kappa shape index (κ3) is 3.84. The Morgan fingerprint density at radius 1 is 1.14 bits per heavy atom. The number of H-pyrrole nitrogens is 1. The maximum absolute atomic E-state index is 13.2. The number of benzene rings is 1. The van der Waals surface area contributed by atoms with E-state index in [4.69, 9.17) is 32.0 Å². The zero-order valence-corrected chi connectivity index (χ0v) is 19.7. The van der Waals surface area contributed by atoms with Gasteiger partial charge in [-0.2, -0.15) is 9.97 Å². The van der Waals surface area contributed by atoms with Gasteiger partial charge in [-0.25, -0.2) is 9.78 Å².